The molecule has 0 bridgehead atoms. The molecular weight excluding hydrogens is 337 g/mol. The van der Waals surface area contributed by atoms with Gasteiger partial charge < -0.3 is 10.1 Å². The minimum absolute atomic E-state index is 0.00305. The summed E-state index contributed by atoms with van der Waals surface area (Å²) in [5.41, 5.74) is -0.0983. The number of hydrogen-bond acceptors (Lipinski definition) is 4. The van der Waals surface area contributed by atoms with Gasteiger partial charge >= 0.3 is 0 Å². The Kier molecular flexibility index (Phi) is 5.18. The van der Waals surface area contributed by atoms with Gasteiger partial charge in [0.15, 0.2) is 0 Å². The number of nitrogens with one attached hydrogen (secondary N) is 1. The Morgan fingerprint density at radius 1 is 1.35 bits per heavy atom. The summed E-state index contributed by atoms with van der Waals surface area (Å²) in [5, 5.41) is 7.07. The molecule has 1 N–H and O–H groups in total. The highest BCUT2D eigenvalue weighted by molar-refractivity contribution is 5.76. The van der Waals surface area contributed by atoms with E-state index in [1.807, 2.05) is 13.8 Å². The number of rotatable bonds is 4. The molecule has 1 amide bonds. The number of nitrogens with zero attached hydrogens (tertiary/aromatic N) is 2. The summed E-state index contributed by atoms with van der Waals surface area (Å²) in [4.78, 5) is 24.4. The molecule has 2 heterocycles. The average Bonchev–Trinajstić information content (AvgIpc) is 2.56. The van der Waals surface area contributed by atoms with Gasteiger partial charge in [-0.2, -0.15) is 5.10 Å². The van der Waals surface area contributed by atoms with Crippen molar-refractivity contribution in [2.45, 2.75) is 44.9 Å². The predicted octanol–water partition coefficient (Wildman–Crippen LogP) is 2.12. The van der Waals surface area contributed by atoms with Crippen molar-refractivity contribution in [2.75, 3.05) is 6.61 Å². The SMILES string of the molecule is CC1(C)CC(NC(=O)Cn2nc(-c3ccccc3F)ccc2=O)CCO1. The second-order valence-corrected chi connectivity index (χ2v) is 7.06. The van der Waals surface area contributed by atoms with E-state index in [2.05, 4.69) is 10.4 Å². The molecule has 1 aliphatic rings. The van der Waals surface area contributed by atoms with Gasteiger partial charge in [-0.1, -0.05) is 12.1 Å². The van der Waals surface area contributed by atoms with E-state index in [0.29, 0.717) is 18.7 Å². The molecule has 0 radical (unpaired) electrons. The fourth-order valence-corrected chi connectivity index (χ4v) is 3.14. The molecule has 138 valence electrons. The Labute approximate surface area is 151 Å². The van der Waals surface area contributed by atoms with Crippen LogP contribution in [0.25, 0.3) is 11.3 Å². The third-order valence-electron chi connectivity index (χ3n) is 4.37. The van der Waals surface area contributed by atoms with Gasteiger partial charge in [0.05, 0.1) is 11.3 Å². The van der Waals surface area contributed by atoms with Gasteiger partial charge in [0.2, 0.25) is 5.91 Å². The van der Waals surface area contributed by atoms with E-state index in [-0.39, 0.29) is 29.7 Å². The van der Waals surface area contributed by atoms with Gasteiger partial charge in [0, 0.05) is 24.3 Å². The van der Waals surface area contributed by atoms with Crippen LogP contribution >= 0.6 is 0 Å². The summed E-state index contributed by atoms with van der Waals surface area (Å²) in [5.74, 6) is -0.730. The lowest BCUT2D eigenvalue weighted by Gasteiger charge is -2.35. The number of amides is 1. The Bertz CT molecular complexity index is 863. The van der Waals surface area contributed by atoms with Crippen LogP contribution in [0.2, 0.25) is 0 Å². The fourth-order valence-electron chi connectivity index (χ4n) is 3.14. The Morgan fingerprint density at radius 3 is 2.85 bits per heavy atom. The summed E-state index contributed by atoms with van der Waals surface area (Å²) in [6.07, 6.45) is 1.43. The highest BCUT2D eigenvalue weighted by Crippen LogP contribution is 2.24. The number of ether oxygens (including phenoxy) is 1. The first kappa shape index (κ1) is 18.3. The molecule has 7 heteroatoms. The van der Waals surface area contributed by atoms with Crippen molar-refractivity contribution in [1.82, 2.24) is 15.1 Å². The van der Waals surface area contributed by atoms with Gasteiger partial charge in [0.1, 0.15) is 12.4 Å². The molecule has 1 aromatic heterocycles. The number of hydrogen-bond donors (Lipinski definition) is 1. The number of benzene rings is 1. The first-order valence-electron chi connectivity index (χ1n) is 8.60. The molecule has 2 aromatic rings. The van der Waals surface area contributed by atoms with E-state index in [0.717, 1.165) is 11.1 Å². The summed E-state index contributed by atoms with van der Waals surface area (Å²) < 4.78 is 20.6. The molecule has 0 spiro atoms. The largest absolute Gasteiger partial charge is 0.375 e. The topological polar surface area (TPSA) is 73.2 Å². The van der Waals surface area contributed by atoms with Gasteiger partial charge in [-0.15, -0.1) is 0 Å². The minimum atomic E-state index is -0.431. The molecule has 1 aromatic carbocycles. The van der Waals surface area contributed by atoms with Gasteiger partial charge in [0.25, 0.3) is 5.56 Å². The Balaban J connectivity index is 1.73. The average molecular weight is 359 g/mol. The molecule has 6 nitrogen and oxygen atoms in total. The molecule has 1 atom stereocenters. The first-order chi connectivity index (χ1) is 12.3. The summed E-state index contributed by atoms with van der Waals surface area (Å²) >= 11 is 0. The quantitative estimate of drug-likeness (QED) is 0.908. The third-order valence-corrected chi connectivity index (χ3v) is 4.37. The van der Waals surface area contributed by atoms with Gasteiger partial charge in [-0.25, -0.2) is 9.07 Å². The van der Waals surface area contributed by atoms with Crippen LogP contribution in [-0.4, -0.2) is 33.9 Å². The minimum Gasteiger partial charge on any atom is -0.375 e. The van der Waals surface area contributed by atoms with E-state index in [9.17, 15) is 14.0 Å². The monoisotopic (exact) mass is 359 g/mol. The molecule has 1 aliphatic heterocycles. The Hall–Kier alpha value is -2.54. The number of carbonyl (C=O) groups is 1. The Morgan fingerprint density at radius 2 is 2.12 bits per heavy atom. The van der Waals surface area contributed by atoms with Crippen molar-refractivity contribution in [2.24, 2.45) is 0 Å². The van der Waals surface area contributed by atoms with Crippen LogP contribution < -0.4 is 10.9 Å². The van der Waals surface area contributed by atoms with Crippen molar-refractivity contribution < 1.29 is 13.9 Å². The van der Waals surface area contributed by atoms with Crippen LogP contribution in [-0.2, 0) is 16.1 Å². The van der Waals surface area contributed by atoms with E-state index in [1.54, 1.807) is 18.2 Å². The van der Waals surface area contributed by atoms with Crippen LogP contribution in [0, 0.1) is 5.82 Å². The molecule has 1 saturated heterocycles. The normalized spacial score (nSPS) is 19.1. The maximum atomic E-state index is 13.9. The molecule has 26 heavy (non-hydrogen) atoms. The molecule has 1 fully saturated rings. The number of aromatic nitrogens is 2. The van der Waals surface area contributed by atoms with Crippen molar-refractivity contribution >= 4 is 5.91 Å². The summed E-state index contributed by atoms with van der Waals surface area (Å²) in [7, 11) is 0. The zero-order valence-corrected chi connectivity index (χ0v) is 14.9. The standard InChI is InChI=1S/C19H22FN3O3/c1-19(2)11-13(9-10-26-19)21-17(24)12-23-18(25)8-7-16(22-23)14-5-3-4-6-15(14)20/h3-8,13H,9-12H2,1-2H3,(H,21,24). The van der Waals surface area contributed by atoms with Crippen LogP contribution in [0.15, 0.2) is 41.2 Å². The van der Waals surface area contributed by atoms with Crippen molar-refractivity contribution in [3.63, 3.8) is 0 Å². The predicted molar refractivity (Wildman–Crippen MR) is 95.1 cm³/mol. The van der Waals surface area contributed by atoms with E-state index in [1.165, 1.54) is 18.2 Å². The number of carbonyl (C=O) groups excluding carboxylic acids is 1. The van der Waals surface area contributed by atoms with E-state index < -0.39 is 11.4 Å². The fraction of sp³-hybridized carbons (Fsp3) is 0.421. The van der Waals surface area contributed by atoms with Crippen LogP contribution in [0.1, 0.15) is 26.7 Å². The van der Waals surface area contributed by atoms with Gasteiger partial charge in [-0.3, -0.25) is 9.59 Å². The van der Waals surface area contributed by atoms with Crippen LogP contribution in [0.5, 0.6) is 0 Å². The summed E-state index contributed by atoms with van der Waals surface area (Å²) in [6.45, 7) is 4.34. The summed E-state index contributed by atoms with van der Waals surface area (Å²) in [6, 6.07) is 8.92. The maximum Gasteiger partial charge on any atom is 0.267 e. The molecule has 0 aliphatic carbocycles. The highest BCUT2D eigenvalue weighted by atomic mass is 19.1. The van der Waals surface area contributed by atoms with Crippen molar-refractivity contribution in [3.8, 4) is 11.3 Å². The van der Waals surface area contributed by atoms with E-state index in [4.69, 9.17) is 4.74 Å². The molecule has 3 rings (SSSR count). The third kappa shape index (κ3) is 4.35. The lowest BCUT2D eigenvalue weighted by atomic mass is 9.94. The molecular formula is C19H22FN3O3. The van der Waals surface area contributed by atoms with Crippen molar-refractivity contribution in [3.05, 3.63) is 52.6 Å². The second-order valence-electron chi connectivity index (χ2n) is 7.06. The van der Waals surface area contributed by atoms with E-state index >= 15 is 0 Å². The van der Waals surface area contributed by atoms with Crippen molar-refractivity contribution in [1.29, 1.82) is 0 Å². The van der Waals surface area contributed by atoms with Gasteiger partial charge in [-0.05, 0) is 44.9 Å². The highest BCUT2D eigenvalue weighted by Gasteiger charge is 2.29. The molecule has 0 saturated carbocycles. The first-order valence-corrected chi connectivity index (χ1v) is 8.60. The smallest absolute Gasteiger partial charge is 0.267 e. The maximum absolute atomic E-state index is 13.9. The number of halogens is 1. The lowest BCUT2D eigenvalue weighted by Crippen LogP contribution is -2.47. The van der Waals surface area contributed by atoms with Crippen LogP contribution in [0.4, 0.5) is 4.39 Å². The lowest BCUT2D eigenvalue weighted by molar-refractivity contribution is -0.124. The zero-order chi connectivity index (χ0) is 18.7. The second kappa shape index (κ2) is 7.37. The zero-order valence-electron chi connectivity index (χ0n) is 14.9. The van der Waals surface area contributed by atoms with Crippen LogP contribution in [0.3, 0.4) is 0 Å². The molecule has 1 unspecified atom stereocenters.